The Bertz CT molecular complexity index is 741. The zero-order chi connectivity index (χ0) is 15.4. The van der Waals surface area contributed by atoms with Crippen molar-refractivity contribution in [2.75, 3.05) is 12.4 Å². The van der Waals surface area contributed by atoms with Gasteiger partial charge in [-0.05, 0) is 40.1 Å². The summed E-state index contributed by atoms with van der Waals surface area (Å²) in [7, 11) is 0. The van der Waals surface area contributed by atoms with E-state index >= 15 is 0 Å². The molecule has 3 rings (SSSR count). The molecular formula is C18H17BrClNS. The van der Waals surface area contributed by atoms with E-state index in [9.17, 15) is 0 Å². The van der Waals surface area contributed by atoms with Gasteiger partial charge >= 0.3 is 0 Å². The highest BCUT2D eigenvalue weighted by Gasteiger charge is 2.11. The fourth-order valence-corrected chi connectivity index (χ4v) is 4.13. The Hall–Kier alpha value is -0.870. The van der Waals surface area contributed by atoms with Crippen molar-refractivity contribution in [2.24, 2.45) is 0 Å². The van der Waals surface area contributed by atoms with Gasteiger partial charge < -0.3 is 0 Å². The van der Waals surface area contributed by atoms with Gasteiger partial charge in [0.05, 0.1) is 0 Å². The number of halogens is 2. The lowest BCUT2D eigenvalue weighted by Gasteiger charge is -2.21. The third-order valence-electron chi connectivity index (χ3n) is 3.66. The van der Waals surface area contributed by atoms with E-state index in [2.05, 4.69) is 74.7 Å². The standard InChI is InChI=1S/C18H17BrClNS/c19-16-6-7-18-17(10-16)15(13-22-18)12-21(9-8-20)11-14-4-2-1-3-5-14/h1-7,10,13H,8-9,11-12H2. The second kappa shape index (κ2) is 7.60. The minimum Gasteiger partial charge on any atom is -0.294 e. The molecule has 0 spiro atoms. The minimum atomic E-state index is 0.651. The monoisotopic (exact) mass is 393 g/mol. The van der Waals surface area contributed by atoms with Crippen molar-refractivity contribution in [3.05, 3.63) is 69.5 Å². The molecule has 1 nitrogen and oxygen atoms in total. The normalized spacial score (nSPS) is 11.4. The molecule has 4 heteroatoms. The van der Waals surface area contributed by atoms with Gasteiger partial charge in [-0.15, -0.1) is 22.9 Å². The van der Waals surface area contributed by atoms with Crippen molar-refractivity contribution in [1.82, 2.24) is 4.90 Å². The topological polar surface area (TPSA) is 3.24 Å². The number of rotatable bonds is 6. The number of hydrogen-bond acceptors (Lipinski definition) is 2. The van der Waals surface area contributed by atoms with Crippen LogP contribution in [-0.4, -0.2) is 17.3 Å². The first-order chi connectivity index (χ1) is 10.8. The number of alkyl halides is 1. The van der Waals surface area contributed by atoms with Crippen molar-refractivity contribution >= 4 is 49.0 Å². The van der Waals surface area contributed by atoms with E-state index in [0.717, 1.165) is 24.1 Å². The van der Waals surface area contributed by atoms with Crippen LogP contribution < -0.4 is 0 Å². The van der Waals surface area contributed by atoms with Crippen LogP contribution in [0.3, 0.4) is 0 Å². The molecule has 0 saturated heterocycles. The van der Waals surface area contributed by atoms with Crippen LogP contribution in [0.5, 0.6) is 0 Å². The lowest BCUT2D eigenvalue weighted by atomic mass is 10.1. The van der Waals surface area contributed by atoms with Gasteiger partial charge in [0.25, 0.3) is 0 Å². The maximum absolute atomic E-state index is 6.00. The van der Waals surface area contributed by atoms with Gasteiger partial charge in [-0.2, -0.15) is 0 Å². The Morgan fingerprint density at radius 2 is 1.86 bits per heavy atom. The zero-order valence-corrected chi connectivity index (χ0v) is 15.3. The molecule has 0 amide bonds. The average molecular weight is 395 g/mol. The van der Waals surface area contributed by atoms with Gasteiger partial charge in [0.2, 0.25) is 0 Å². The van der Waals surface area contributed by atoms with Gasteiger partial charge in [-0.1, -0.05) is 46.3 Å². The van der Waals surface area contributed by atoms with E-state index in [1.165, 1.54) is 21.2 Å². The third-order valence-corrected chi connectivity index (χ3v) is 5.33. The predicted octanol–water partition coefficient (Wildman–Crippen LogP) is 5.90. The smallest absolute Gasteiger partial charge is 0.0351 e. The second-order valence-electron chi connectivity index (χ2n) is 5.29. The lowest BCUT2D eigenvalue weighted by molar-refractivity contribution is 0.274. The summed E-state index contributed by atoms with van der Waals surface area (Å²) >= 11 is 11.4. The molecule has 0 unspecified atom stereocenters. The minimum absolute atomic E-state index is 0.651. The molecule has 2 aromatic carbocycles. The van der Waals surface area contributed by atoms with E-state index in [4.69, 9.17) is 11.6 Å². The first-order valence-electron chi connectivity index (χ1n) is 7.24. The second-order valence-corrected chi connectivity index (χ2v) is 7.49. The quantitative estimate of drug-likeness (QED) is 0.470. The fraction of sp³-hybridized carbons (Fsp3) is 0.222. The molecule has 1 heterocycles. The molecule has 22 heavy (non-hydrogen) atoms. The summed E-state index contributed by atoms with van der Waals surface area (Å²) < 4.78 is 2.47. The Kier molecular flexibility index (Phi) is 5.53. The number of thiophene rings is 1. The summed E-state index contributed by atoms with van der Waals surface area (Å²) in [6.07, 6.45) is 0. The van der Waals surface area contributed by atoms with Crippen LogP contribution >= 0.6 is 38.9 Å². The molecule has 3 aromatic rings. The van der Waals surface area contributed by atoms with Crippen molar-refractivity contribution in [2.45, 2.75) is 13.1 Å². The van der Waals surface area contributed by atoms with Crippen LogP contribution in [-0.2, 0) is 13.1 Å². The van der Waals surface area contributed by atoms with Crippen LogP contribution in [0.15, 0.2) is 58.4 Å². The molecule has 0 fully saturated rings. The van der Waals surface area contributed by atoms with Crippen molar-refractivity contribution in [3.8, 4) is 0 Å². The largest absolute Gasteiger partial charge is 0.294 e. The number of nitrogens with zero attached hydrogens (tertiary/aromatic N) is 1. The third kappa shape index (κ3) is 3.90. The average Bonchev–Trinajstić information content (AvgIpc) is 2.91. The first-order valence-corrected chi connectivity index (χ1v) is 9.45. The van der Waals surface area contributed by atoms with Crippen molar-refractivity contribution in [1.29, 1.82) is 0 Å². The van der Waals surface area contributed by atoms with Gasteiger partial charge in [-0.25, -0.2) is 0 Å². The highest BCUT2D eigenvalue weighted by molar-refractivity contribution is 9.10. The maximum Gasteiger partial charge on any atom is 0.0351 e. The number of benzene rings is 2. The first kappa shape index (κ1) is 16.0. The summed E-state index contributed by atoms with van der Waals surface area (Å²) in [5, 5.41) is 3.61. The molecule has 0 atom stereocenters. The molecule has 0 bridgehead atoms. The Balaban J connectivity index is 1.81. The molecule has 0 saturated carbocycles. The number of hydrogen-bond donors (Lipinski definition) is 0. The summed E-state index contributed by atoms with van der Waals surface area (Å²) in [5.41, 5.74) is 2.70. The van der Waals surface area contributed by atoms with Crippen molar-refractivity contribution in [3.63, 3.8) is 0 Å². The molecule has 1 aromatic heterocycles. The van der Waals surface area contributed by atoms with E-state index in [1.807, 2.05) is 11.3 Å². The zero-order valence-electron chi connectivity index (χ0n) is 12.1. The predicted molar refractivity (Wildman–Crippen MR) is 101 cm³/mol. The summed E-state index contributed by atoms with van der Waals surface area (Å²) in [6.45, 7) is 2.75. The maximum atomic E-state index is 6.00. The summed E-state index contributed by atoms with van der Waals surface area (Å²) in [5.74, 6) is 0.651. The van der Waals surface area contributed by atoms with Gasteiger partial charge in [-0.3, -0.25) is 4.90 Å². The molecule has 0 N–H and O–H groups in total. The molecule has 114 valence electrons. The van der Waals surface area contributed by atoms with Crippen LogP contribution in [0, 0.1) is 0 Å². The van der Waals surface area contributed by atoms with E-state index in [0.29, 0.717) is 5.88 Å². The van der Waals surface area contributed by atoms with Gasteiger partial charge in [0.15, 0.2) is 0 Å². The highest BCUT2D eigenvalue weighted by atomic mass is 79.9. The SMILES string of the molecule is ClCCN(Cc1ccccc1)Cc1csc2ccc(Br)cc12. The summed E-state index contributed by atoms with van der Waals surface area (Å²) in [6, 6.07) is 17.1. The fourth-order valence-electron chi connectivity index (χ4n) is 2.59. The lowest BCUT2D eigenvalue weighted by Crippen LogP contribution is -2.24. The van der Waals surface area contributed by atoms with E-state index in [-0.39, 0.29) is 0 Å². The van der Waals surface area contributed by atoms with E-state index < -0.39 is 0 Å². The van der Waals surface area contributed by atoms with Crippen LogP contribution in [0.25, 0.3) is 10.1 Å². The number of fused-ring (bicyclic) bond motifs is 1. The van der Waals surface area contributed by atoms with Crippen LogP contribution in [0.2, 0.25) is 0 Å². The van der Waals surface area contributed by atoms with Crippen LogP contribution in [0.4, 0.5) is 0 Å². The molecule has 0 aliphatic rings. The van der Waals surface area contributed by atoms with Crippen molar-refractivity contribution < 1.29 is 0 Å². The molecule has 0 aliphatic heterocycles. The molecule has 0 aliphatic carbocycles. The Morgan fingerprint density at radius 1 is 1.05 bits per heavy atom. The Labute approximate surface area is 148 Å². The Morgan fingerprint density at radius 3 is 2.64 bits per heavy atom. The van der Waals surface area contributed by atoms with E-state index in [1.54, 1.807) is 0 Å². The van der Waals surface area contributed by atoms with Gasteiger partial charge in [0.1, 0.15) is 0 Å². The molecule has 0 radical (unpaired) electrons. The van der Waals surface area contributed by atoms with Crippen LogP contribution in [0.1, 0.15) is 11.1 Å². The summed E-state index contributed by atoms with van der Waals surface area (Å²) in [4.78, 5) is 2.41. The van der Waals surface area contributed by atoms with Gasteiger partial charge in [0, 0.05) is 34.7 Å². The highest BCUT2D eigenvalue weighted by Crippen LogP contribution is 2.30. The molecular weight excluding hydrogens is 378 g/mol.